The van der Waals surface area contributed by atoms with E-state index in [0.717, 1.165) is 46.7 Å². The summed E-state index contributed by atoms with van der Waals surface area (Å²) in [6.07, 6.45) is 0.975. The highest BCUT2D eigenvalue weighted by atomic mass is 16.6. The molecule has 4 nitrogen and oxygen atoms in total. The Labute approximate surface area is 125 Å². The maximum absolute atomic E-state index is 5.68. The molecule has 0 spiro atoms. The Kier molecular flexibility index (Phi) is 3.86. The van der Waals surface area contributed by atoms with Crippen molar-refractivity contribution in [2.45, 2.75) is 27.2 Å². The second-order valence-electron chi connectivity index (χ2n) is 5.80. The van der Waals surface area contributed by atoms with Crippen LogP contribution in [0.25, 0.3) is 10.9 Å². The van der Waals surface area contributed by atoms with Gasteiger partial charge in [0.25, 0.3) is 0 Å². The molecular weight excluding hydrogens is 264 g/mol. The summed E-state index contributed by atoms with van der Waals surface area (Å²) < 4.78 is 11.3. The molecular formula is C17H22N2O2. The topological polar surface area (TPSA) is 43.4 Å². The summed E-state index contributed by atoms with van der Waals surface area (Å²) in [4.78, 5) is 4.79. The van der Waals surface area contributed by atoms with Gasteiger partial charge in [0.2, 0.25) is 0 Å². The van der Waals surface area contributed by atoms with E-state index in [1.807, 2.05) is 12.1 Å². The summed E-state index contributed by atoms with van der Waals surface area (Å²) in [5.41, 5.74) is 3.20. The minimum atomic E-state index is 0.585. The van der Waals surface area contributed by atoms with E-state index in [1.165, 1.54) is 0 Å². The predicted octanol–water partition coefficient (Wildman–Crippen LogP) is 3.64. The van der Waals surface area contributed by atoms with Crippen molar-refractivity contribution >= 4 is 16.6 Å². The van der Waals surface area contributed by atoms with Crippen LogP contribution in [0.4, 0.5) is 5.69 Å². The first-order chi connectivity index (χ1) is 10.2. The van der Waals surface area contributed by atoms with Crippen molar-refractivity contribution in [3.63, 3.8) is 0 Å². The lowest BCUT2D eigenvalue weighted by Crippen LogP contribution is -2.15. The van der Waals surface area contributed by atoms with E-state index in [1.54, 1.807) is 0 Å². The smallest absolute Gasteiger partial charge is 0.163 e. The van der Waals surface area contributed by atoms with Gasteiger partial charge in [0, 0.05) is 29.4 Å². The molecule has 112 valence electrons. The van der Waals surface area contributed by atoms with Gasteiger partial charge in [-0.2, -0.15) is 0 Å². The zero-order valence-electron chi connectivity index (χ0n) is 12.9. The molecule has 1 N–H and O–H groups in total. The molecule has 1 aromatic carbocycles. The number of nitrogens with zero attached hydrogens (tertiary/aromatic N) is 1. The van der Waals surface area contributed by atoms with Gasteiger partial charge >= 0.3 is 0 Å². The first-order valence-corrected chi connectivity index (χ1v) is 7.64. The second-order valence-corrected chi connectivity index (χ2v) is 5.80. The van der Waals surface area contributed by atoms with Crippen LogP contribution in [-0.2, 0) is 6.42 Å². The van der Waals surface area contributed by atoms with Crippen LogP contribution in [-0.4, -0.2) is 24.7 Å². The van der Waals surface area contributed by atoms with E-state index in [9.17, 15) is 0 Å². The normalized spacial score (nSPS) is 13.7. The van der Waals surface area contributed by atoms with Gasteiger partial charge in [0.05, 0.1) is 5.52 Å². The second kappa shape index (κ2) is 5.80. The Hall–Kier alpha value is -1.97. The number of benzene rings is 1. The Balaban J connectivity index is 2.13. The minimum Gasteiger partial charge on any atom is -0.486 e. The third kappa shape index (κ3) is 2.89. The van der Waals surface area contributed by atoms with Gasteiger partial charge < -0.3 is 14.8 Å². The maximum atomic E-state index is 5.68. The number of anilines is 1. The number of hydrogen-bond donors (Lipinski definition) is 1. The van der Waals surface area contributed by atoms with E-state index in [2.05, 4.69) is 32.2 Å². The summed E-state index contributed by atoms with van der Waals surface area (Å²) in [7, 11) is 0. The standard InChI is InChI=1S/C17H22N2O2/c1-4-18-14-8-12(7-11(2)3)19-15-10-17-16(9-13(14)15)20-5-6-21-17/h8-11H,4-7H2,1-3H3,(H,18,19). The van der Waals surface area contributed by atoms with Crippen molar-refractivity contribution in [2.24, 2.45) is 5.92 Å². The molecule has 0 bridgehead atoms. The van der Waals surface area contributed by atoms with Crippen LogP contribution >= 0.6 is 0 Å². The van der Waals surface area contributed by atoms with Crippen molar-refractivity contribution in [2.75, 3.05) is 25.1 Å². The number of pyridine rings is 1. The molecule has 2 heterocycles. The number of fused-ring (bicyclic) bond motifs is 2. The predicted molar refractivity (Wildman–Crippen MR) is 85.4 cm³/mol. The molecule has 2 aromatic rings. The molecule has 1 aliphatic heterocycles. The lowest BCUT2D eigenvalue weighted by atomic mass is 10.0. The zero-order valence-corrected chi connectivity index (χ0v) is 12.9. The molecule has 0 saturated heterocycles. The lowest BCUT2D eigenvalue weighted by Gasteiger charge is -2.20. The van der Waals surface area contributed by atoms with Crippen LogP contribution in [0.15, 0.2) is 18.2 Å². The van der Waals surface area contributed by atoms with Gasteiger partial charge in [-0.15, -0.1) is 0 Å². The van der Waals surface area contributed by atoms with Crippen molar-refractivity contribution < 1.29 is 9.47 Å². The summed E-state index contributed by atoms with van der Waals surface area (Å²) in [5, 5.41) is 4.53. The van der Waals surface area contributed by atoms with Crippen LogP contribution in [0.2, 0.25) is 0 Å². The maximum Gasteiger partial charge on any atom is 0.163 e. The quantitative estimate of drug-likeness (QED) is 0.932. The lowest BCUT2D eigenvalue weighted by molar-refractivity contribution is 0.172. The summed E-state index contributed by atoms with van der Waals surface area (Å²) >= 11 is 0. The molecule has 0 atom stereocenters. The third-order valence-corrected chi connectivity index (χ3v) is 3.51. The van der Waals surface area contributed by atoms with Gasteiger partial charge in [-0.25, -0.2) is 0 Å². The minimum absolute atomic E-state index is 0.585. The zero-order chi connectivity index (χ0) is 14.8. The van der Waals surface area contributed by atoms with Crippen LogP contribution in [0.3, 0.4) is 0 Å². The number of ether oxygens (including phenoxy) is 2. The molecule has 3 rings (SSSR count). The Bertz CT molecular complexity index is 653. The van der Waals surface area contributed by atoms with Gasteiger partial charge in [-0.05, 0) is 31.4 Å². The average Bonchev–Trinajstić information content (AvgIpc) is 2.45. The largest absolute Gasteiger partial charge is 0.486 e. The molecule has 0 aliphatic carbocycles. The molecule has 1 aliphatic rings. The number of aromatic nitrogens is 1. The highest BCUT2D eigenvalue weighted by Crippen LogP contribution is 2.37. The number of nitrogens with one attached hydrogen (secondary N) is 1. The van der Waals surface area contributed by atoms with Crippen molar-refractivity contribution in [3.05, 3.63) is 23.9 Å². The van der Waals surface area contributed by atoms with Crippen molar-refractivity contribution in [3.8, 4) is 11.5 Å². The molecule has 0 radical (unpaired) electrons. The van der Waals surface area contributed by atoms with E-state index in [4.69, 9.17) is 14.5 Å². The van der Waals surface area contributed by atoms with Crippen LogP contribution < -0.4 is 14.8 Å². The molecule has 21 heavy (non-hydrogen) atoms. The third-order valence-electron chi connectivity index (χ3n) is 3.51. The number of hydrogen-bond acceptors (Lipinski definition) is 4. The Morgan fingerprint density at radius 3 is 2.52 bits per heavy atom. The first kappa shape index (κ1) is 14.0. The molecule has 1 aromatic heterocycles. The SMILES string of the molecule is CCNc1cc(CC(C)C)nc2cc3c(cc12)OCCO3. The highest BCUT2D eigenvalue weighted by molar-refractivity contribution is 5.94. The fourth-order valence-electron chi connectivity index (χ4n) is 2.68. The molecule has 0 unspecified atom stereocenters. The molecule has 4 heteroatoms. The summed E-state index contributed by atoms with van der Waals surface area (Å²) in [6, 6.07) is 6.18. The molecule has 0 fully saturated rings. The van der Waals surface area contributed by atoms with E-state index in [-0.39, 0.29) is 0 Å². The Morgan fingerprint density at radius 2 is 1.86 bits per heavy atom. The van der Waals surface area contributed by atoms with Gasteiger partial charge in [-0.1, -0.05) is 13.8 Å². The fourth-order valence-corrected chi connectivity index (χ4v) is 2.68. The highest BCUT2D eigenvalue weighted by Gasteiger charge is 2.16. The molecule has 0 amide bonds. The first-order valence-electron chi connectivity index (χ1n) is 7.64. The van der Waals surface area contributed by atoms with Crippen LogP contribution in [0.1, 0.15) is 26.5 Å². The summed E-state index contributed by atoms with van der Waals surface area (Å²) in [5.74, 6) is 2.19. The van der Waals surface area contributed by atoms with Crippen molar-refractivity contribution in [1.82, 2.24) is 4.98 Å². The van der Waals surface area contributed by atoms with Gasteiger partial charge in [-0.3, -0.25) is 4.98 Å². The van der Waals surface area contributed by atoms with Crippen molar-refractivity contribution in [1.29, 1.82) is 0 Å². The van der Waals surface area contributed by atoms with E-state index in [0.29, 0.717) is 19.1 Å². The van der Waals surface area contributed by atoms with Gasteiger partial charge in [0.15, 0.2) is 11.5 Å². The van der Waals surface area contributed by atoms with Crippen LogP contribution in [0, 0.1) is 5.92 Å². The monoisotopic (exact) mass is 286 g/mol. The Morgan fingerprint density at radius 1 is 1.14 bits per heavy atom. The van der Waals surface area contributed by atoms with E-state index >= 15 is 0 Å². The van der Waals surface area contributed by atoms with Crippen LogP contribution in [0.5, 0.6) is 11.5 Å². The molecule has 0 saturated carbocycles. The number of rotatable bonds is 4. The van der Waals surface area contributed by atoms with Gasteiger partial charge in [0.1, 0.15) is 13.2 Å². The summed E-state index contributed by atoms with van der Waals surface area (Å²) in [6.45, 7) is 8.62. The van der Waals surface area contributed by atoms with E-state index < -0.39 is 0 Å². The fraction of sp³-hybridized carbons (Fsp3) is 0.471. The average molecular weight is 286 g/mol.